The average molecular weight is 528 g/mol. The first-order valence-corrected chi connectivity index (χ1v) is 14.3. The minimum Gasteiger partial charge on any atom is -0.494 e. The van der Waals surface area contributed by atoms with Crippen molar-refractivity contribution in [2.24, 2.45) is 0 Å². The van der Waals surface area contributed by atoms with Crippen molar-refractivity contribution in [3.63, 3.8) is 0 Å². The highest BCUT2D eigenvalue weighted by Crippen LogP contribution is 2.31. The van der Waals surface area contributed by atoms with E-state index in [1.165, 1.54) is 6.07 Å². The number of sulfone groups is 1. The van der Waals surface area contributed by atoms with Crippen molar-refractivity contribution in [2.45, 2.75) is 21.1 Å². The Kier molecular flexibility index (Phi) is 8.27. The van der Waals surface area contributed by atoms with Crippen molar-refractivity contribution < 1.29 is 17.9 Å². The number of thiazole rings is 1. The molecule has 0 radical (unpaired) electrons. The number of hydrogen-bond donors (Lipinski definition) is 2. The molecule has 10 heteroatoms. The van der Waals surface area contributed by atoms with Crippen LogP contribution in [0.3, 0.4) is 0 Å². The first-order valence-electron chi connectivity index (χ1n) is 11.0. The first kappa shape index (κ1) is 25.0. The summed E-state index contributed by atoms with van der Waals surface area (Å²) < 4.78 is 34.1. The quantitative estimate of drug-likeness (QED) is 0.213. The number of fused-ring (bicyclic) bond motifs is 1. The summed E-state index contributed by atoms with van der Waals surface area (Å²) in [6.45, 7) is 2.66. The Hall–Kier alpha value is -3.08. The van der Waals surface area contributed by atoms with E-state index in [9.17, 15) is 13.2 Å². The van der Waals surface area contributed by atoms with Gasteiger partial charge in [-0.15, -0.1) is 11.3 Å². The van der Waals surface area contributed by atoms with Crippen LogP contribution in [-0.4, -0.2) is 44.8 Å². The number of rotatable bonds is 11. The molecule has 1 amide bonds. The summed E-state index contributed by atoms with van der Waals surface area (Å²) in [6.07, 6.45) is 0. The highest BCUT2D eigenvalue weighted by Gasteiger charge is 2.22. The fraction of sp³-hybridized carbons (Fsp3) is 0.200. The number of nitrogens with zero attached hydrogens (tertiary/aromatic N) is 1. The van der Waals surface area contributed by atoms with Gasteiger partial charge < -0.3 is 15.4 Å². The Balaban J connectivity index is 1.36. The van der Waals surface area contributed by atoms with Crippen molar-refractivity contribution in [3.05, 3.63) is 72.8 Å². The third kappa shape index (κ3) is 6.33. The second-order valence-corrected chi connectivity index (χ2v) is 11.7. The normalized spacial score (nSPS) is 11.3. The predicted octanol–water partition coefficient (Wildman–Crippen LogP) is 4.85. The number of ether oxygens (including phenoxy) is 1. The molecule has 1 aromatic heterocycles. The molecule has 1 heterocycles. The van der Waals surface area contributed by atoms with Crippen LogP contribution in [0.15, 0.2) is 86.9 Å². The fourth-order valence-electron chi connectivity index (χ4n) is 3.33. The highest BCUT2D eigenvalue weighted by atomic mass is 32.2. The van der Waals surface area contributed by atoms with E-state index < -0.39 is 9.84 Å². The molecule has 0 atom stereocenters. The number of anilines is 1. The zero-order valence-corrected chi connectivity index (χ0v) is 21.5. The molecule has 0 aliphatic rings. The lowest BCUT2D eigenvalue weighted by atomic mass is 10.3. The minimum absolute atomic E-state index is 0.0584. The van der Waals surface area contributed by atoms with Crippen molar-refractivity contribution in [1.29, 1.82) is 0 Å². The number of amides is 1. The minimum atomic E-state index is -3.80. The maximum atomic E-state index is 13.3. The van der Waals surface area contributed by atoms with Crippen LogP contribution in [-0.2, 0) is 14.6 Å². The molecule has 0 saturated carbocycles. The van der Waals surface area contributed by atoms with Gasteiger partial charge in [-0.1, -0.05) is 42.1 Å². The molecule has 4 rings (SSSR count). The highest BCUT2D eigenvalue weighted by molar-refractivity contribution is 8.01. The van der Waals surface area contributed by atoms with Gasteiger partial charge in [0.2, 0.25) is 15.7 Å². The molecule has 0 fully saturated rings. The maximum Gasteiger partial charge on any atom is 0.239 e. The second-order valence-electron chi connectivity index (χ2n) is 7.41. The Bertz CT molecular complexity index is 1370. The van der Waals surface area contributed by atoms with E-state index in [4.69, 9.17) is 4.74 Å². The van der Waals surface area contributed by atoms with Gasteiger partial charge in [-0.25, -0.2) is 13.4 Å². The summed E-state index contributed by atoms with van der Waals surface area (Å²) in [6, 6.07) is 21.0. The number of para-hydroxylation sites is 1. The van der Waals surface area contributed by atoms with Crippen LogP contribution < -0.4 is 15.4 Å². The summed E-state index contributed by atoms with van der Waals surface area (Å²) in [4.78, 5) is 17.2. The van der Waals surface area contributed by atoms with Crippen LogP contribution in [0.4, 0.5) is 5.69 Å². The van der Waals surface area contributed by atoms with Gasteiger partial charge in [-0.05, 0) is 43.3 Å². The van der Waals surface area contributed by atoms with Gasteiger partial charge in [0, 0.05) is 18.4 Å². The molecule has 3 aromatic carbocycles. The summed E-state index contributed by atoms with van der Waals surface area (Å²) in [5.74, 6) is 0.901. The molecule has 0 aliphatic carbocycles. The van der Waals surface area contributed by atoms with Gasteiger partial charge in [0.1, 0.15) is 5.75 Å². The van der Waals surface area contributed by atoms with E-state index in [1.807, 2.05) is 31.2 Å². The van der Waals surface area contributed by atoms with Gasteiger partial charge in [0.15, 0.2) is 4.34 Å². The molecule has 0 saturated heterocycles. The molecular weight excluding hydrogens is 502 g/mol. The molecule has 4 aromatic rings. The zero-order valence-electron chi connectivity index (χ0n) is 19.1. The summed E-state index contributed by atoms with van der Waals surface area (Å²) in [5, 5.41) is 5.83. The maximum absolute atomic E-state index is 13.3. The summed E-state index contributed by atoms with van der Waals surface area (Å²) in [7, 11) is -3.80. The van der Waals surface area contributed by atoms with Crippen LogP contribution in [0.1, 0.15) is 6.92 Å². The zero-order chi connectivity index (χ0) is 24.7. The smallest absolute Gasteiger partial charge is 0.239 e. The fourth-order valence-corrected chi connectivity index (χ4v) is 6.80. The van der Waals surface area contributed by atoms with Gasteiger partial charge in [-0.3, -0.25) is 4.79 Å². The Labute approximate surface area is 212 Å². The van der Waals surface area contributed by atoms with E-state index in [2.05, 4.69) is 15.6 Å². The molecule has 0 bridgehead atoms. The summed E-state index contributed by atoms with van der Waals surface area (Å²) >= 11 is 3.22. The molecule has 0 unspecified atom stereocenters. The van der Waals surface area contributed by atoms with E-state index in [1.54, 1.807) is 65.6 Å². The lowest BCUT2D eigenvalue weighted by Crippen LogP contribution is -2.31. The van der Waals surface area contributed by atoms with Gasteiger partial charge in [0.05, 0.1) is 38.8 Å². The summed E-state index contributed by atoms with van der Waals surface area (Å²) in [5.41, 5.74) is 1.32. The Morgan fingerprint density at radius 3 is 2.60 bits per heavy atom. The van der Waals surface area contributed by atoms with Crippen molar-refractivity contribution in [3.8, 4) is 5.75 Å². The van der Waals surface area contributed by atoms with Crippen LogP contribution in [0, 0.1) is 0 Å². The molecular formula is C25H25N3O4S3. The number of thioether (sulfide) groups is 1. The SMILES string of the molecule is CCOc1ccc(NCC(=O)NCCSc2nc3ccccc3s2)c(S(=O)(=O)c2ccccc2)c1. The van der Waals surface area contributed by atoms with Crippen molar-refractivity contribution in [2.75, 3.05) is 30.8 Å². The van der Waals surface area contributed by atoms with E-state index in [-0.39, 0.29) is 22.2 Å². The number of aromatic nitrogens is 1. The number of nitrogens with one attached hydrogen (secondary N) is 2. The molecule has 2 N–H and O–H groups in total. The number of carbonyl (C=O) groups excluding carboxylic acids is 1. The second kappa shape index (κ2) is 11.6. The molecule has 182 valence electrons. The van der Waals surface area contributed by atoms with E-state index >= 15 is 0 Å². The van der Waals surface area contributed by atoms with Crippen LogP contribution in [0.5, 0.6) is 5.75 Å². The van der Waals surface area contributed by atoms with Crippen LogP contribution in [0.25, 0.3) is 10.2 Å². The van der Waals surface area contributed by atoms with Gasteiger partial charge in [0.25, 0.3) is 0 Å². The predicted molar refractivity (Wildman–Crippen MR) is 141 cm³/mol. The standard InChI is InChI=1S/C25H25N3O4S3/c1-2-32-18-12-13-21(23(16-18)35(30,31)19-8-4-3-5-9-19)27-17-24(29)26-14-15-33-25-28-20-10-6-7-11-22(20)34-25/h3-13,16,27H,2,14-15,17H2,1H3,(H,26,29). The largest absolute Gasteiger partial charge is 0.494 e. The monoisotopic (exact) mass is 527 g/mol. The van der Waals surface area contributed by atoms with Crippen LogP contribution >= 0.6 is 23.1 Å². The van der Waals surface area contributed by atoms with Gasteiger partial charge in [-0.2, -0.15) is 0 Å². The Morgan fingerprint density at radius 2 is 1.83 bits per heavy atom. The number of carbonyl (C=O) groups is 1. The van der Waals surface area contributed by atoms with E-state index in [0.717, 1.165) is 14.6 Å². The van der Waals surface area contributed by atoms with E-state index in [0.29, 0.717) is 30.3 Å². The van der Waals surface area contributed by atoms with Crippen molar-refractivity contribution >= 4 is 54.7 Å². The topological polar surface area (TPSA) is 97.4 Å². The third-order valence-corrected chi connectivity index (χ3v) is 8.96. The lowest BCUT2D eigenvalue weighted by molar-refractivity contribution is -0.119. The lowest BCUT2D eigenvalue weighted by Gasteiger charge is -2.15. The molecule has 7 nitrogen and oxygen atoms in total. The van der Waals surface area contributed by atoms with Crippen molar-refractivity contribution in [1.82, 2.24) is 10.3 Å². The average Bonchev–Trinajstić information content (AvgIpc) is 3.29. The number of hydrogen-bond acceptors (Lipinski definition) is 8. The molecule has 0 aliphatic heterocycles. The van der Waals surface area contributed by atoms with Gasteiger partial charge >= 0.3 is 0 Å². The molecule has 35 heavy (non-hydrogen) atoms. The third-order valence-electron chi connectivity index (χ3n) is 4.97. The first-order chi connectivity index (χ1) is 17.0. The molecule has 0 spiro atoms. The van der Waals surface area contributed by atoms with Crippen LogP contribution in [0.2, 0.25) is 0 Å². The number of benzene rings is 3. The Morgan fingerprint density at radius 1 is 1.06 bits per heavy atom.